The van der Waals surface area contributed by atoms with Crippen LogP contribution in [0.3, 0.4) is 0 Å². The summed E-state index contributed by atoms with van der Waals surface area (Å²) in [6.07, 6.45) is 9.37. The molecule has 1 nitrogen and oxygen atoms in total. The summed E-state index contributed by atoms with van der Waals surface area (Å²) >= 11 is 0. The van der Waals surface area contributed by atoms with Crippen molar-refractivity contribution in [3.05, 3.63) is 23.9 Å². The van der Waals surface area contributed by atoms with E-state index in [4.69, 9.17) is 0 Å². The van der Waals surface area contributed by atoms with Gasteiger partial charge in [-0.3, -0.25) is 4.99 Å². The highest BCUT2D eigenvalue weighted by atomic mass is 14.7. The van der Waals surface area contributed by atoms with E-state index in [9.17, 15) is 0 Å². The fourth-order valence-corrected chi connectivity index (χ4v) is 1.03. The van der Waals surface area contributed by atoms with Crippen molar-refractivity contribution in [3.8, 4) is 0 Å². The van der Waals surface area contributed by atoms with Gasteiger partial charge in [-0.05, 0) is 18.1 Å². The lowest BCUT2D eigenvalue weighted by atomic mass is 9.88. The summed E-state index contributed by atoms with van der Waals surface area (Å²) in [6, 6.07) is 0. The molecule has 3 rings (SSSR count). The van der Waals surface area contributed by atoms with Gasteiger partial charge in [0.05, 0.1) is 0 Å². The second-order valence-corrected chi connectivity index (χ2v) is 2.22. The molecule has 0 fully saturated rings. The average molecular weight is 105 g/mol. The lowest BCUT2D eigenvalue weighted by molar-refractivity contribution is 0.786. The lowest BCUT2D eigenvalue weighted by Crippen LogP contribution is -2.07. The van der Waals surface area contributed by atoms with Crippen molar-refractivity contribution in [2.75, 3.05) is 0 Å². The van der Waals surface area contributed by atoms with E-state index in [0.717, 1.165) is 0 Å². The van der Waals surface area contributed by atoms with Gasteiger partial charge in [-0.25, -0.2) is 0 Å². The summed E-state index contributed by atoms with van der Waals surface area (Å²) in [5.41, 5.74) is 1.44. The van der Waals surface area contributed by atoms with Gasteiger partial charge in [0.2, 0.25) is 0 Å². The van der Waals surface area contributed by atoms with Gasteiger partial charge < -0.3 is 0 Å². The summed E-state index contributed by atoms with van der Waals surface area (Å²) in [5.74, 6) is 0.653. The number of allylic oxidation sites excluding steroid dienone is 3. The quantitative estimate of drug-likeness (QED) is 0.443. The van der Waals surface area contributed by atoms with Crippen molar-refractivity contribution in [2.24, 2.45) is 10.9 Å². The Bertz CT molecular complexity index is 184. The summed E-state index contributed by atoms with van der Waals surface area (Å²) in [5, 5.41) is 0. The molecule has 0 spiro atoms. The molecule has 1 atom stereocenters. The van der Waals surface area contributed by atoms with E-state index in [1.807, 2.05) is 12.4 Å². The summed E-state index contributed by atoms with van der Waals surface area (Å²) in [7, 11) is 0. The fourth-order valence-electron chi connectivity index (χ4n) is 1.03. The summed E-state index contributed by atoms with van der Waals surface area (Å²) in [4.78, 5) is 4.04. The van der Waals surface area contributed by atoms with Gasteiger partial charge in [-0.15, -0.1) is 0 Å². The number of fused-ring (bicyclic) bond motifs is 1. The Labute approximate surface area is 48.4 Å². The second kappa shape index (κ2) is 1.31. The molecule has 2 bridgehead atoms. The third-order valence-electron chi connectivity index (χ3n) is 1.55. The molecule has 0 radical (unpaired) electrons. The van der Waals surface area contributed by atoms with Crippen molar-refractivity contribution in [1.82, 2.24) is 0 Å². The third-order valence-corrected chi connectivity index (χ3v) is 1.55. The molecule has 1 unspecified atom stereocenters. The van der Waals surface area contributed by atoms with Crippen LogP contribution in [0.4, 0.5) is 0 Å². The minimum Gasteiger partial charge on any atom is -0.268 e. The Kier molecular flexibility index (Phi) is 0.668. The molecular formula is C7H7N. The molecule has 0 aromatic rings. The average Bonchev–Trinajstić information content (AvgIpc) is 1.89. The molecule has 0 amide bonds. The highest BCUT2D eigenvalue weighted by Crippen LogP contribution is 2.26. The maximum atomic E-state index is 4.04. The van der Waals surface area contributed by atoms with E-state index >= 15 is 0 Å². The Morgan fingerprint density at radius 1 is 1.62 bits per heavy atom. The Balaban J connectivity index is 2.39. The largest absolute Gasteiger partial charge is 0.268 e. The van der Waals surface area contributed by atoms with E-state index < -0.39 is 0 Å². The third kappa shape index (κ3) is 0.443. The Morgan fingerprint density at radius 3 is 3.38 bits per heavy atom. The summed E-state index contributed by atoms with van der Waals surface area (Å²) in [6.45, 7) is 0. The monoisotopic (exact) mass is 105 g/mol. The maximum absolute atomic E-state index is 4.04. The first-order chi connectivity index (χ1) is 3.95. The molecule has 2 heterocycles. The van der Waals surface area contributed by atoms with Crippen LogP contribution in [0.1, 0.15) is 6.42 Å². The van der Waals surface area contributed by atoms with E-state index in [2.05, 4.69) is 17.1 Å². The van der Waals surface area contributed by atoms with Gasteiger partial charge in [0.1, 0.15) is 0 Å². The summed E-state index contributed by atoms with van der Waals surface area (Å²) < 4.78 is 0. The van der Waals surface area contributed by atoms with Crippen molar-refractivity contribution >= 4 is 6.21 Å². The molecular weight excluding hydrogens is 98.1 g/mol. The molecule has 3 aliphatic rings. The number of nitrogens with zero attached hydrogens (tertiary/aromatic N) is 1. The predicted molar refractivity (Wildman–Crippen MR) is 33.8 cm³/mol. The lowest BCUT2D eigenvalue weighted by Gasteiger charge is -2.16. The first-order valence-electron chi connectivity index (χ1n) is 2.86. The minimum absolute atomic E-state index is 0.653. The van der Waals surface area contributed by atoms with E-state index in [1.165, 1.54) is 12.0 Å². The highest BCUT2D eigenvalue weighted by Gasteiger charge is 2.15. The van der Waals surface area contributed by atoms with Crippen LogP contribution in [0.2, 0.25) is 0 Å². The van der Waals surface area contributed by atoms with Crippen LogP contribution < -0.4 is 0 Å². The van der Waals surface area contributed by atoms with E-state index in [0.29, 0.717) is 5.92 Å². The molecule has 0 N–H and O–H groups in total. The maximum Gasteiger partial charge on any atom is 0.0266 e. The fraction of sp³-hybridized carbons (Fsp3) is 0.286. The molecule has 0 saturated heterocycles. The normalized spacial score (nSPS) is 31.0. The van der Waals surface area contributed by atoms with Crippen molar-refractivity contribution < 1.29 is 0 Å². The van der Waals surface area contributed by atoms with Crippen LogP contribution in [-0.2, 0) is 0 Å². The molecule has 2 aliphatic heterocycles. The molecule has 0 saturated carbocycles. The Morgan fingerprint density at radius 2 is 2.50 bits per heavy atom. The van der Waals surface area contributed by atoms with E-state index in [1.54, 1.807) is 0 Å². The second-order valence-electron chi connectivity index (χ2n) is 2.22. The standard InChI is InChI=1S/C7H7N/c1-2-8-5-7-3-6(1)4-7/h1-3,5,7H,4H2. The molecule has 40 valence electrons. The van der Waals surface area contributed by atoms with Crippen molar-refractivity contribution in [1.29, 1.82) is 0 Å². The molecule has 1 heteroatoms. The van der Waals surface area contributed by atoms with Gasteiger partial charge >= 0.3 is 0 Å². The van der Waals surface area contributed by atoms with E-state index in [-0.39, 0.29) is 0 Å². The number of aliphatic imine (C=N–C) groups is 1. The zero-order chi connectivity index (χ0) is 5.40. The minimum atomic E-state index is 0.653. The topological polar surface area (TPSA) is 12.4 Å². The highest BCUT2D eigenvalue weighted by molar-refractivity contribution is 5.69. The van der Waals surface area contributed by atoms with Crippen LogP contribution in [0.25, 0.3) is 0 Å². The molecule has 0 aromatic carbocycles. The first-order valence-corrected chi connectivity index (χ1v) is 2.86. The van der Waals surface area contributed by atoms with Gasteiger partial charge in [0.25, 0.3) is 0 Å². The molecule has 1 aliphatic carbocycles. The number of hydrogen-bond donors (Lipinski definition) is 0. The first kappa shape index (κ1) is 4.07. The van der Waals surface area contributed by atoms with Crippen LogP contribution >= 0.6 is 0 Å². The SMILES string of the molecule is C1=CC2=CC(C=N1)C2. The van der Waals surface area contributed by atoms with Crippen molar-refractivity contribution in [2.45, 2.75) is 6.42 Å². The predicted octanol–water partition coefficient (Wildman–Crippen LogP) is 1.53. The van der Waals surface area contributed by atoms with Crippen molar-refractivity contribution in [3.63, 3.8) is 0 Å². The molecule has 0 aromatic heterocycles. The Hall–Kier alpha value is -0.850. The van der Waals surface area contributed by atoms with Crippen LogP contribution in [0.15, 0.2) is 28.9 Å². The van der Waals surface area contributed by atoms with Gasteiger partial charge in [0.15, 0.2) is 0 Å². The molecule has 8 heavy (non-hydrogen) atoms. The van der Waals surface area contributed by atoms with Gasteiger partial charge in [0, 0.05) is 18.3 Å². The number of rotatable bonds is 0. The van der Waals surface area contributed by atoms with Gasteiger partial charge in [-0.1, -0.05) is 6.08 Å². The zero-order valence-corrected chi connectivity index (χ0v) is 4.54. The van der Waals surface area contributed by atoms with Crippen LogP contribution in [0, 0.1) is 5.92 Å². The zero-order valence-electron chi connectivity index (χ0n) is 4.54. The van der Waals surface area contributed by atoms with Crippen LogP contribution in [0.5, 0.6) is 0 Å². The number of hydrogen-bond acceptors (Lipinski definition) is 1. The smallest absolute Gasteiger partial charge is 0.0266 e. The van der Waals surface area contributed by atoms with Gasteiger partial charge in [-0.2, -0.15) is 0 Å². The van der Waals surface area contributed by atoms with Crippen LogP contribution in [-0.4, -0.2) is 6.21 Å².